The van der Waals surface area contributed by atoms with Gasteiger partial charge in [-0.3, -0.25) is 0 Å². The topological polar surface area (TPSA) is 26.3 Å². The monoisotopic (exact) mass is 190 g/mol. The van der Waals surface area contributed by atoms with Gasteiger partial charge in [-0.25, -0.2) is 4.79 Å². The van der Waals surface area contributed by atoms with Gasteiger partial charge in [0.15, 0.2) is 0 Å². The van der Waals surface area contributed by atoms with E-state index in [-0.39, 0.29) is 57.4 Å². The van der Waals surface area contributed by atoms with E-state index in [2.05, 4.69) is 0 Å². The molecule has 3 heteroatoms. The zero-order chi connectivity index (χ0) is 8.10. The number of hydrogen-bond acceptors (Lipinski definition) is 2. The molecule has 0 radical (unpaired) electrons. The molecular formula is C9H11KO2. The van der Waals surface area contributed by atoms with E-state index in [1.54, 1.807) is 19.1 Å². The van der Waals surface area contributed by atoms with E-state index in [0.29, 0.717) is 12.2 Å². The third kappa shape index (κ3) is 3.82. The molecule has 0 saturated carbocycles. The molecule has 0 atom stereocenters. The Kier molecular flexibility index (Phi) is 6.99. The molecule has 0 aliphatic heterocycles. The van der Waals surface area contributed by atoms with Crippen LogP contribution < -0.4 is 0 Å². The summed E-state index contributed by atoms with van der Waals surface area (Å²) in [5, 5.41) is 0. The van der Waals surface area contributed by atoms with Gasteiger partial charge >= 0.3 is 57.4 Å². The summed E-state index contributed by atoms with van der Waals surface area (Å²) in [4.78, 5) is 11.0. The average molecular weight is 190 g/mol. The molecule has 0 aliphatic rings. The number of hydrogen-bond donors (Lipinski definition) is 0. The van der Waals surface area contributed by atoms with E-state index in [4.69, 9.17) is 4.74 Å². The Hall–Kier alpha value is 0.326. The third-order valence-electron chi connectivity index (χ3n) is 1.28. The van der Waals surface area contributed by atoms with Gasteiger partial charge in [-0.15, -0.1) is 0 Å². The fourth-order valence-corrected chi connectivity index (χ4v) is 0.789. The molecule has 12 heavy (non-hydrogen) atoms. The van der Waals surface area contributed by atoms with Crippen molar-refractivity contribution in [2.45, 2.75) is 6.92 Å². The van der Waals surface area contributed by atoms with Crippen molar-refractivity contribution in [1.29, 1.82) is 0 Å². The van der Waals surface area contributed by atoms with E-state index in [1.165, 1.54) is 0 Å². The summed E-state index contributed by atoms with van der Waals surface area (Å²) < 4.78 is 4.79. The minimum absolute atomic E-state index is 0. The number of carbonyl (C=O) groups is 1. The van der Waals surface area contributed by atoms with Crippen LogP contribution in [-0.2, 0) is 4.74 Å². The molecule has 0 heterocycles. The summed E-state index contributed by atoms with van der Waals surface area (Å²) in [7, 11) is 0. The summed E-state index contributed by atoms with van der Waals surface area (Å²) in [6.45, 7) is 2.22. The van der Waals surface area contributed by atoms with Crippen LogP contribution in [0.4, 0.5) is 0 Å². The fourth-order valence-electron chi connectivity index (χ4n) is 0.789. The predicted octanol–water partition coefficient (Wildman–Crippen LogP) is 1.21. The zero-order valence-corrected chi connectivity index (χ0v) is 6.41. The van der Waals surface area contributed by atoms with Gasteiger partial charge in [0.2, 0.25) is 0 Å². The predicted molar refractivity (Wildman–Crippen MR) is 49.5 cm³/mol. The van der Waals surface area contributed by atoms with Crippen LogP contribution in [0.1, 0.15) is 17.3 Å². The van der Waals surface area contributed by atoms with Crippen molar-refractivity contribution in [1.82, 2.24) is 0 Å². The van der Waals surface area contributed by atoms with Gasteiger partial charge in [-0.05, 0) is 19.1 Å². The Balaban J connectivity index is 0.00000121. The van der Waals surface area contributed by atoms with Crippen molar-refractivity contribution >= 4 is 57.4 Å². The second kappa shape index (κ2) is 6.80. The Labute approximate surface area is 115 Å². The van der Waals surface area contributed by atoms with E-state index >= 15 is 0 Å². The summed E-state index contributed by atoms with van der Waals surface area (Å²) in [5.74, 6) is -0.256. The molecular weight excluding hydrogens is 179 g/mol. The van der Waals surface area contributed by atoms with Crippen LogP contribution in [0, 0.1) is 0 Å². The summed E-state index contributed by atoms with van der Waals surface area (Å²) in [5.41, 5.74) is 0.606. The minimum atomic E-state index is -0.256. The van der Waals surface area contributed by atoms with Crippen molar-refractivity contribution < 1.29 is 9.53 Å². The number of benzene rings is 1. The van der Waals surface area contributed by atoms with Gasteiger partial charge in [0.1, 0.15) is 0 Å². The van der Waals surface area contributed by atoms with Crippen LogP contribution in [0.5, 0.6) is 0 Å². The molecule has 2 nitrogen and oxygen atoms in total. The first-order chi connectivity index (χ1) is 5.34. The Morgan fingerprint density at radius 1 is 1.33 bits per heavy atom. The number of esters is 1. The van der Waals surface area contributed by atoms with Crippen molar-refractivity contribution in [3.05, 3.63) is 35.9 Å². The molecule has 60 valence electrons. The Bertz CT molecular complexity index is 234. The Morgan fingerprint density at radius 2 is 1.92 bits per heavy atom. The number of rotatable bonds is 2. The van der Waals surface area contributed by atoms with Crippen molar-refractivity contribution in [3.63, 3.8) is 0 Å². The van der Waals surface area contributed by atoms with Crippen LogP contribution in [0.25, 0.3) is 0 Å². The van der Waals surface area contributed by atoms with Crippen LogP contribution in [0.2, 0.25) is 0 Å². The van der Waals surface area contributed by atoms with Gasteiger partial charge in [0.05, 0.1) is 12.2 Å². The standard InChI is InChI=1S/C9H10O2.K.H/c1-2-11-9(10)8-6-4-3-5-7-8;;/h3-7H,2H2,1H3;;. The van der Waals surface area contributed by atoms with E-state index in [0.717, 1.165) is 0 Å². The maximum absolute atomic E-state index is 11.0. The molecule has 0 amide bonds. The SMILES string of the molecule is CCOC(=O)c1ccccc1.[KH]. The molecule has 0 bridgehead atoms. The summed E-state index contributed by atoms with van der Waals surface area (Å²) in [6.07, 6.45) is 0. The van der Waals surface area contributed by atoms with E-state index in [1.807, 2.05) is 18.2 Å². The van der Waals surface area contributed by atoms with E-state index in [9.17, 15) is 4.79 Å². The van der Waals surface area contributed by atoms with Gasteiger partial charge < -0.3 is 4.74 Å². The quantitative estimate of drug-likeness (QED) is 0.517. The molecule has 0 aliphatic carbocycles. The molecule has 0 N–H and O–H groups in total. The third-order valence-corrected chi connectivity index (χ3v) is 1.28. The van der Waals surface area contributed by atoms with Gasteiger partial charge in [-0.2, -0.15) is 0 Å². The first-order valence-electron chi connectivity index (χ1n) is 3.56. The fraction of sp³-hybridized carbons (Fsp3) is 0.222. The molecule has 0 fully saturated rings. The van der Waals surface area contributed by atoms with Crippen molar-refractivity contribution in [2.75, 3.05) is 6.61 Å². The number of carbonyl (C=O) groups excluding carboxylic acids is 1. The molecule has 0 aromatic heterocycles. The Morgan fingerprint density at radius 3 is 2.42 bits per heavy atom. The number of ether oxygens (including phenoxy) is 1. The van der Waals surface area contributed by atoms with Crippen LogP contribution in [0.3, 0.4) is 0 Å². The van der Waals surface area contributed by atoms with Gasteiger partial charge in [-0.1, -0.05) is 18.2 Å². The maximum atomic E-state index is 11.0. The molecule has 0 saturated heterocycles. The first kappa shape index (κ1) is 12.3. The molecule has 1 rings (SSSR count). The molecule has 1 aromatic carbocycles. The van der Waals surface area contributed by atoms with Crippen molar-refractivity contribution in [2.24, 2.45) is 0 Å². The van der Waals surface area contributed by atoms with Gasteiger partial charge in [0.25, 0.3) is 0 Å². The zero-order valence-electron chi connectivity index (χ0n) is 6.41. The molecule has 0 unspecified atom stereocenters. The van der Waals surface area contributed by atoms with Gasteiger partial charge in [0, 0.05) is 0 Å². The van der Waals surface area contributed by atoms with Crippen molar-refractivity contribution in [3.8, 4) is 0 Å². The molecule has 1 aromatic rings. The first-order valence-corrected chi connectivity index (χ1v) is 3.56. The van der Waals surface area contributed by atoms with Crippen LogP contribution >= 0.6 is 0 Å². The van der Waals surface area contributed by atoms with Crippen LogP contribution in [0.15, 0.2) is 30.3 Å². The summed E-state index contributed by atoms with van der Waals surface area (Å²) in [6, 6.07) is 8.96. The van der Waals surface area contributed by atoms with E-state index < -0.39 is 0 Å². The summed E-state index contributed by atoms with van der Waals surface area (Å²) >= 11 is 0. The average Bonchev–Trinajstić information content (AvgIpc) is 2.07. The second-order valence-corrected chi connectivity index (χ2v) is 2.09. The molecule has 0 spiro atoms. The second-order valence-electron chi connectivity index (χ2n) is 2.09. The van der Waals surface area contributed by atoms with Crippen LogP contribution in [-0.4, -0.2) is 64.0 Å². The normalized spacial score (nSPS) is 8.42.